The smallest absolute Gasteiger partial charge is 0.490 e. The summed E-state index contributed by atoms with van der Waals surface area (Å²) in [6.07, 6.45) is 2.18. The first-order valence-electron chi connectivity index (χ1n) is 11.6. The van der Waals surface area contributed by atoms with Gasteiger partial charge in [0, 0.05) is 12.6 Å². The summed E-state index contributed by atoms with van der Waals surface area (Å²) < 4.78 is 39.3. The molecule has 0 amide bonds. The van der Waals surface area contributed by atoms with Crippen molar-refractivity contribution in [2.75, 3.05) is 13.7 Å². The molecular formula is C27H30F3N3O4. The summed E-state index contributed by atoms with van der Waals surface area (Å²) in [6, 6.07) is 14.5. The van der Waals surface area contributed by atoms with Crippen LogP contribution in [-0.4, -0.2) is 51.7 Å². The number of nitrogens with one attached hydrogen (secondary N) is 1. The molecule has 0 bridgehead atoms. The maximum Gasteiger partial charge on any atom is 0.490 e. The lowest BCUT2D eigenvalue weighted by Gasteiger charge is -2.18. The molecule has 0 unspecified atom stereocenters. The van der Waals surface area contributed by atoms with E-state index in [0.717, 1.165) is 42.1 Å². The number of halogens is 3. The molecule has 4 rings (SSSR count). The highest BCUT2D eigenvalue weighted by Gasteiger charge is 2.38. The lowest BCUT2D eigenvalue weighted by atomic mass is 10.1. The SMILES string of the molecule is COc1cc(/C=C(\C)CCN[C@@H]2c3ccccc3C[C@@H]2O)ccc1-n1cnc(C)c1.O=C(O)C(F)(F)F. The maximum absolute atomic E-state index is 10.6. The molecule has 0 radical (unpaired) electrons. The number of carboxylic acids is 1. The Morgan fingerprint density at radius 2 is 1.97 bits per heavy atom. The van der Waals surface area contributed by atoms with Gasteiger partial charge in [-0.1, -0.05) is 42.0 Å². The number of carboxylic acid groups (broad SMARTS) is 1. The van der Waals surface area contributed by atoms with Crippen LogP contribution in [0.25, 0.3) is 11.8 Å². The Morgan fingerprint density at radius 1 is 1.27 bits per heavy atom. The maximum atomic E-state index is 10.6. The van der Waals surface area contributed by atoms with Crippen LogP contribution < -0.4 is 10.1 Å². The van der Waals surface area contributed by atoms with Crippen LogP contribution in [0.5, 0.6) is 5.75 Å². The van der Waals surface area contributed by atoms with Crippen molar-refractivity contribution < 1.29 is 32.9 Å². The summed E-state index contributed by atoms with van der Waals surface area (Å²) in [5, 5.41) is 21.1. The molecule has 0 saturated heterocycles. The van der Waals surface area contributed by atoms with Crippen molar-refractivity contribution in [3.63, 3.8) is 0 Å². The summed E-state index contributed by atoms with van der Waals surface area (Å²) in [6.45, 7) is 4.93. The highest BCUT2D eigenvalue weighted by atomic mass is 19.4. The van der Waals surface area contributed by atoms with E-state index in [1.54, 1.807) is 13.4 Å². The predicted octanol–water partition coefficient (Wildman–Crippen LogP) is 4.86. The fourth-order valence-electron chi connectivity index (χ4n) is 4.15. The minimum atomic E-state index is -5.08. The van der Waals surface area contributed by atoms with Crippen LogP contribution in [0.15, 0.2) is 60.6 Å². The zero-order chi connectivity index (χ0) is 27.2. The molecule has 37 heavy (non-hydrogen) atoms. The topological polar surface area (TPSA) is 96.6 Å². The number of fused-ring (bicyclic) bond motifs is 1. The number of aryl methyl sites for hydroxylation is 1. The van der Waals surface area contributed by atoms with Crippen LogP contribution in [0.1, 0.15) is 41.8 Å². The Kier molecular flexibility index (Phi) is 9.12. The third kappa shape index (κ3) is 7.43. The van der Waals surface area contributed by atoms with E-state index in [-0.39, 0.29) is 12.1 Å². The van der Waals surface area contributed by atoms with E-state index in [1.807, 2.05) is 29.8 Å². The number of rotatable bonds is 7. The molecule has 3 aromatic rings. The molecule has 7 nitrogen and oxygen atoms in total. The van der Waals surface area contributed by atoms with E-state index >= 15 is 0 Å². The van der Waals surface area contributed by atoms with Gasteiger partial charge >= 0.3 is 12.1 Å². The number of imidazole rings is 1. The third-order valence-electron chi connectivity index (χ3n) is 5.94. The van der Waals surface area contributed by atoms with Crippen molar-refractivity contribution in [3.05, 3.63) is 82.9 Å². The molecule has 0 fully saturated rings. The molecule has 3 N–H and O–H groups in total. The second-order valence-corrected chi connectivity index (χ2v) is 8.80. The summed E-state index contributed by atoms with van der Waals surface area (Å²) in [4.78, 5) is 13.2. The molecule has 10 heteroatoms. The number of benzene rings is 2. The Hall–Kier alpha value is -3.63. The minimum Gasteiger partial charge on any atom is -0.495 e. The summed E-state index contributed by atoms with van der Waals surface area (Å²) >= 11 is 0. The van der Waals surface area contributed by atoms with Crippen LogP contribution in [0.2, 0.25) is 0 Å². The van der Waals surface area contributed by atoms with E-state index in [4.69, 9.17) is 14.6 Å². The van der Waals surface area contributed by atoms with E-state index < -0.39 is 12.1 Å². The molecule has 2 atom stereocenters. The number of nitrogens with zero attached hydrogens (tertiary/aromatic N) is 2. The fraction of sp³-hybridized carbons (Fsp3) is 0.333. The van der Waals surface area contributed by atoms with Crippen LogP contribution in [-0.2, 0) is 11.2 Å². The Balaban J connectivity index is 0.000000479. The number of aliphatic hydroxyl groups is 1. The van der Waals surface area contributed by atoms with Gasteiger partial charge in [-0.15, -0.1) is 0 Å². The predicted molar refractivity (Wildman–Crippen MR) is 134 cm³/mol. The lowest BCUT2D eigenvalue weighted by Crippen LogP contribution is -2.29. The van der Waals surface area contributed by atoms with Crippen molar-refractivity contribution in [2.45, 2.75) is 45.0 Å². The molecular weight excluding hydrogens is 487 g/mol. The number of aliphatic carboxylic acids is 1. The highest BCUT2D eigenvalue weighted by Crippen LogP contribution is 2.31. The largest absolute Gasteiger partial charge is 0.495 e. The zero-order valence-electron chi connectivity index (χ0n) is 20.8. The molecule has 198 valence electrons. The second kappa shape index (κ2) is 12.1. The quantitative estimate of drug-likeness (QED) is 0.414. The summed E-state index contributed by atoms with van der Waals surface area (Å²) in [5.74, 6) is -1.94. The molecule has 0 aliphatic heterocycles. The fourth-order valence-corrected chi connectivity index (χ4v) is 4.15. The number of alkyl halides is 3. The van der Waals surface area contributed by atoms with Gasteiger partial charge in [0.25, 0.3) is 0 Å². The molecule has 1 aromatic heterocycles. The van der Waals surface area contributed by atoms with Gasteiger partial charge in [-0.2, -0.15) is 13.2 Å². The van der Waals surface area contributed by atoms with Gasteiger partial charge in [-0.05, 0) is 55.6 Å². The summed E-state index contributed by atoms with van der Waals surface area (Å²) in [5.41, 5.74) is 6.80. The van der Waals surface area contributed by atoms with Gasteiger partial charge in [0.2, 0.25) is 0 Å². The van der Waals surface area contributed by atoms with Crippen molar-refractivity contribution in [1.29, 1.82) is 0 Å². The van der Waals surface area contributed by atoms with Crippen LogP contribution in [0.4, 0.5) is 13.2 Å². The van der Waals surface area contributed by atoms with E-state index in [9.17, 15) is 18.3 Å². The van der Waals surface area contributed by atoms with Gasteiger partial charge in [-0.3, -0.25) is 0 Å². The Labute approximate surface area is 213 Å². The van der Waals surface area contributed by atoms with Crippen molar-refractivity contribution in [1.82, 2.24) is 14.9 Å². The van der Waals surface area contributed by atoms with Crippen molar-refractivity contribution >= 4 is 12.0 Å². The number of hydrogen-bond acceptors (Lipinski definition) is 5. The molecule has 2 aromatic carbocycles. The van der Waals surface area contributed by atoms with Gasteiger partial charge in [0.1, 0.15) is 5.75 Å². The molecule has 1 aliphatic rings. The van der Waals surface area contributed by atoms with Crippen molar-refractivity contribution in [3.8, 4) is 11.4 Å². The third-order valence-corrected chi connectivity index (χ3v) is 5.94. The first kappa shape index (κ1) is 27.9. The van der Waals surface area contributed by atoms with Gasteiger partial charge in [-0.25, -0.2) is 9.78 Å². The monoisotopic (exact) mass is 517 g/mol. The van der Waals surface area contributed by atoms with Crippen LogP contribution in [0, 0.1) is 6.92 Å². The minimum absolute atomic E-state index is 0.0204. The molecule has 0 saturated carbocycles. The summed E-state index contributed by atoms with van der Waals surface area (Å²) in [7, 11) is 1.69. The van der Waals surface area contributed by atoms with Gasteiger partial charge < -0.3 is 24.8 Å². The number of carbonyl (C=O) groups is 1. The number of methoxy groups -OCH3 is 1. The van der Waals surface area contributed by atoms with Crippen molar-refractivity contribution in [2.24, 2.45) is 0 Å². The number of ether oxygens (including phenoxy) is 1. The van der Waals surface area contributed by atoms with E-state index in [0.29, 0.717) is 0 Å². The normalized spacial score (nSPS) is 17.1. The number of aliphatic hydroxyl groups excluding tert-OH is 1. The van der Waals surface area contributed by atoms with E-state index in [1.165, 1.54) is 16.7 Å². The lowest BCUT2D eigenvalue weighted by molar-refractivity contribution is -0.192. The molecule has 1 aliphatic carbocycles. The number of aromatic nitrogens is 2. The first-order chi connectivity index (χ1) is 17.5. The van der Waals surface area contributed by atoms with Gasteiger partial charge in [0.15, 0.2) is 0 Å². The van der Waals surface area contributed by atoms with Crippen LogP contribution >= 0.6 is 0 Å². The molecule has 0 spiro atoms. The van der Waals surface area contributed by atoms with Crippen LogP contribution in [0.3, 0.4) is 0 Å². The average Bonchev–Trinajstić information content (AvgIpc) is 3.41. The highest BCUT2D eigenvalue weighted by molar-refractivity contribution is 5.73. The second-order valence-electron chi connectivity index (χ2n) is 8.80. The first-order valence-corrected chi connectivity index (χ1v) is 11.6. The Bertz CT molecular complexity index is 1250. The standard InChI is InChI=1S/C25H29N3O2.C2HF3O2/c1-17(10-11-26-25-21-7-5-4-6-20(21)14-23(25)29)12-19-8-9-22(24(13-19)30-3)28-15-18(2)27-16-28;3-2(4,5)1(6)7/h4-9,12-13,15-16,23,25-26,29H,10-11,14H2,1-3H3;(H,6,7)/b17-12+;/t23-,25+;/m0./s1. The molecule has 1 heterocycles. The number of hydrogen-bond donors (Lipinski definition) is 3. The van der Waals surface area contributed by atoms with Gasteiger partial charge in [0.05, 0.1) is 37.0 Å². The zero-order valence-corrected chi connectivity index (χ0v) is 20.8. The average molecular weight is 518 g/mol. The van der Waals surface area contributed by atoms with E-state index in [2.05, 4.69) is 53.6 Å². The Morgan fingerprint density at radius 3 is 2.59 bits per heavy atom.